The summed E-state index contributed by atoms with van der Waals surface area (Å²) >= 11 is 0. The van der Waals surface area contributed by atoms with Gasteiger partial charge >= 0.3 is 0 Å². The highest BCUT2D eigenvalue weighted by Gasteiger charge is 2.14. The Morgan fingerprint density at radius 3 is 2.44 bits per heavy atom. The lowest BCUT2D eigenvalue weighted by Crippen LogP contribution is -2.28. The summed E-state index contributed by atoms with van der Waals surface area (Å²) in [4.78, 5) is 12.2. The van der Waals surface area contributed by atoms with Gasteiger partial charge in [-0.05, 0) is 24.3 Å². The first-order valence-electron chi connectivity index (χ1n) is 7.73. The first kappa shape index (κ1) is 16.8. The van der Waals surface area contributed by atoms with Crippen LogP contribution in [0.25, 0.3) is 0 Å². The molecule has 7 heteroatoms. The molecule has 0 aliphatic carbocycles. The van der Waals surface area contributed by atoms with E-state index in [4.69, 9.17) is 23.7 Å². The van der Waals surface area contributed by atoms with Crippen LogP contribution < -0.4 is 29.0 Å². The Hall–Kier alpha value is -3.09. The molecule has 1 N–H and O–H groups in total. The zero-order valence-electron chi connectivity index (χ0n) is 14.0. The van der Waals surface area contributed by atoms with Crippen molar-refractivity contribution in [3.8, 4) is 28.7 Å². The highest BCUT2D eigenvalue weighted by Crippen LogP contribution is 2.35. The maximum absolute atomic E-state index is 12.2. The second-order valence-electron chi connectivity index (χ2n) is 5.22. The van der Waals surface area contributed by atoms with Crippen LogP contribution in [-0.4, -0.2) is 40.1 Å². The van der Waals surface area contributed by atoms with Gasteiger partial charge < -0.3 is 29.0 Å². The van der Waals surface area contributed by atoms with Crippen LogP contribution in [-0.2, 0) is 0 Å². The van der Waals surface area contributed by atoms with Gasteiger partial charge in [0.25, 0.3) is 5.91 Å². The monoisotopic (exact) mass is 345 g/mol. The zero-order valence-corrected chi connectivity index (χ0v) is 14.0. The van der Waals surface area contributed by atoms with E-state index in [1.54, 1.807) is 36.4 Å². The number of fused-ring (bicyclic) bond motifs is 1. The van der Waals surface area contributed by atoms with Crippen molar-refractivity contribution in [1.82, 2.24) is 5.32 Å². The van der Waals surface area contributed by atoms with Gasteiger partial charge in [-0.25, -0.2) is 0 Å². The predicted molar refractivity (Wildman–Crippen MR) is 89.9 cm³/mol. The molecule has 1 amide bonds. The summed E-state index contributed by atoms with van der Waals surface area (Å²) in [5, 5.41) is 2.79. The molecule has 2 aromatic carbocycles. The van der Waals surface area contributed by atoms with Gasteiger partial charge in [0, 0.05) is 17.7 Å². The minimum absolute atomic E-state index is 0.221. The first-order chi connectivity index (χ1) is 12.2. The minimum Gasteiger partial charge on any atom is -0.497 e. The molecule has 0 saturated heterocycles. The Morgan fingerprint density at radius 1 is 1.00 bits per heavy atom. The molecule has 1 heterocycles. The molecule has 0 fully saturated rings. The lowest BCUT2D eigenvalue weighted by molar-refractivity contribution is 0.0946. The van der Waals surface area contributed by atoms with Crippen LogP contribution in [0.15, 0.2) is 36.4 Å². The molecule has 132 valence electrons. The van der Waals surface area contributed by atoms with Gasteiger partial charge in [0.15, 0.2) is 11.5 Å². The first-order valence-corrected chi connectivity index (χ1v) is 7.73. The summed E-state index contributed by atoms with van der Waals surface area (Å²) in [7, 11) is 3.07. The maximum Gasteiger partial charge on any atom is 0.251 e. The molecule has 0 unspecified atom stereocenters. The van der Waals surface area contributed by atoms with Crippen molar-refractivity contribution < 1.29 is 28.5 Å². The van der Waals surface area contributed by atoms with Gasteiger partial charge in [0.1, 0.15) is 23.9 Å². The van der Waals surface area contributed by atoms with E-state index >= 15 is 0 Å². The van der Waals surface area contributed by atoms with E-state index in [9.17, 15) is 4.79 Å². The fraction of sp³-hybridized carbons (Fsp3) is 0.278. The van der Waals surface area contributed by atoms with Crippen LogP contribution in [0, 0.1) is 0 Å². The Kier molecular flexibility index (Phi) is 5.13. The normalized spacial score (nSPS) is 11.8. The topological polar surface area (TPSA) is 75.3 Å². The summed E-state index contributed by atoms with van der Waals surface area (Å²) in [6, 6.07) is 10.4. The standard InChI is InChI=1S/C18H19NO6/c1-21-14-7-12(8-15(9-14)22-2)18(20)19-5-6-23-13-3-4-16-17(10-13)25-11-24-16/h3-4,7-10H,5-6,11H2,1-2H3,(H,19,20). The molecular weight excluding hydrogens is 326 g/mol. The van der Waals surface area contributed by atoms with E-state index < -0.39 is 0 Å². The van der Waals surface area contributed by atoms with Crippen LogP contribution in [0.1, 0.15) is 10.4 Å². The number of hydrogen-bond donors (Lipinski definition) is 1. The number of nitrogens with one attached hydrogen (secondary N) is 1. The smallest absolute Gasteiger partial charge is 0.251 e. The van der Waals surface area contributed by atoms with Crippen molar-refractivity contribution in [2.75, 3.05) is 34.2 Å². The Morgan fingerprint density at radius 2 is 1.72 bits per heavy atom. The zero-order chi connectivity index (χ0) is 17.6. The van der Waals surface area contributed by atoms with Crippen LogP contribution >= 0.6 is 0 Å². The van der Waals surface area contributed by atoms with E-state index in [1.807, 2.05) is 0 Å². The molecule has 0 radical (unpaired) electrons. The molecule has 3 rings (SSSR count). The second kappa shape index (κ2) is 7.65. The number of carbonyl (C=O) groups excluding carboxylic acids is 1. The van der Waals surface area contributed by atoms with E-state index in [-0.39, 0.29) is 12.7 Å². The third-order valence-electron chi connectivity index (χ3n) is 3.61. The third kappa shape index (κ3) is 4.06. The molecule has 0 saturated carbocycles. The fourth-order valence-electron chi connectivity index (χ4n) is 2.34. The van der Waals surface area contributed by atoms with Crippen LogP contribution in [0.5, 0.6) is 28.7 Å². The maximum atomic E-state index is 12.2. The number of ether oxygens (including phenoxy) is 5. The summed E-state index contributed by atoms with van der Waals surface area (Å²) in [5.74, 6) is 2.90. The van der Waals surface area contributed by atoms with Gasteiger partial charge in [-0.1, -0.05) is 0 Å². The number of amides is 1. The molecule has 0 spiro atoms. The summed E-state index contributed by atoms with van der Waals surface area (Å²) < 4.78 is 26.5. The number of methoxy groups -OCH3 is 2. The molecule has 1 aliphatic heterocycles. The van der Waals surface area contributed by atoms with Gasteiger partial charge in [0.2, 0.25) is 6.79 Å². The van der Waals surface area contributed by atoms with Gasteiger partial charge in [-0.2, -0.15) is 0 Å². The number of carbonyl (C=O) groups is 1. The van der Waals surface area contributed by atoms with Crippen LogP contribution in [0.4, 0.5) is 0 Å². The molecular formula is C18H19NO6. The van der Waals surface area contributed by atoms with Crippen molar-refractivity contribution >= 4 is 5.91 Å². The third-order valence-corrected chi connectivity index (χ3v) is 3.61. The van der Waals surface area contributed by atoms with Gasteiger partial charge in [0.05, 0.1) is 20.8 Å². The molecule has 2 aromatic rings. The van der Waals surface area contributed by atoms with Crippen LogP contribution in [0.3, 0.4) is 0 Å². The van der Waals surface area contributed by atoms with Crippen molar-refractivity contribution in [3.05, 3.63) is 42.0 Å². The van der Waals surface area contributed by atoms with E-state index in [2.05, 4.69) is 5.32 Å². The van der Waals surface area contributed by atoms with Crippen molar-refractivity contribution in [2.24, 2.45) is 0 Å². The Bertz CT molecular complexity index is 739. The average Bonchev–Trinajstić information content (AvgIpc) is 3.12. The van der Waals surface area contributed by atoms with Crippen molar-refractivity contribution in [2.45, 2.75) is 0 Å². The highest BCUT2D eigenvalue weighted by molar-refractivity contribution is 5.95. The minimum atomic E-state index is -0.230. The number of hydrogen-bond acceptors (Lipinski definition) is 6. The average molecular weight is 345 g/mol. The highest BCUT2D eigenvalue weighted by atomic mass is 16.7. The summed E-state index contributed by atoms with van der Waals surface area (Å²) in [5.41, 5.74) is 0.458. The van der Waals surface area contributed by atoms with Crippen LogP contribution in [0.2, 0.25) is 0 Å². The van der Waals surface area contributed by atoms with Gasteiger partial charge in [-0.3, -0.25) is 4.79 Å². The lowest BCUT2D eigenvalue weighted by Gasteiger charge is -2.10. The molecule has 7 nitrogen and oxygen atoms in total. The molecule has 25 heavy (non-hydrogen) atoms. The molecule has 0 bridgehead atoms. The molecule has 1 aliphatic rings. The molecule has 0 atom stereocenters. The fourth-order valence-corrected chi connectivity index (χ4v) is 2.34. The van der Waals surface area contributed by atoms with E-state index in [0.29, 0.717) is 47.5 Å². The molecule has 0 aromatic heterocycles. The van der Waals surface area contributed by atoms with Gasteiger partial charge in [-0.15, -0.1) is 0 Å². The van der Waals surface area contributed by atoms with E-state index in [0.717, 1.165) is 0 Å². The number of rotatable bonds is 7. The summed E-state index contributed by atoms with van der Waals surface area (Å²) in [6.45, 7) is 0.901. The van der Waals surface area contributed by atoms with E-state index in [1.165, 1.54) is 14.2 Å². The predicted octanol–water partition coefficient (Wildman–Crippen LogP) is 2.24. The lowest BCUT2D eigenvalue weighted by atomic mass is 10.2. The Balaban J connectivity index is 1.51. The SMILES string of the molecule is COc1cc(OC)cc(C(=O)NCCOc2ccc3c(c2)OCO3)c1. The Labute approximate surface area is 145 Å². The van der Waals surface area contributed by atoms with Crippen molar-refractivity contribution in [1.29, 1.82) is 0 Å². The van der Waals surface area contributed by atoms with Crippen molar-refractivity contribution in [3.63, 3.8) is 0 Å². The quantitative estimate of drug-likeness (QED) is 0.776. The second-order valence-corrected chi connectivity index (χ2v) is 5.22. The largest absolute Gasteiger partial charge is 0.497 e. The summed E-state index contributed by atoms with van der Waals surface area (Å²) in [6.07, 6.45) is 0. The number of benzene rings is 2.